The lowest BCUT2D eigenvalue weighted by molar-refractivity contribution is 0.103. The van der Waals surface area contributed by atoms with Gasteiger partial charge in [0, 0.05) is 21.5 Å². The van der Waals surface area contributed by atoms with E-state index < -0.39 is 0 Å². The highest BCUT2D eigenvalue weighted by Crippen LogP contribution is 2.42. The van der Waals surface area contributed by atoms with Crippen molar-refractivity contribution in [2.75, 3.05) is 0 Å². The number of hydrogen-bond acceptors (Lipinski definition) is 1. The van der Waals surface area contributed by atoms with Crippen molar-refractivity contribution in [3.8, 4) is 0 Å². The van der Waals surface area contributed by atoms with E-state index in [1.54, 1.807) is 0 Å². The lowest BCUT2D eigenvalue weighted by Crippen LogP contribution is -2.12. The third-order valence-electron chi connectivity index (χ3n) is 4.56. The minimum atomic E-state index is 0.104. The van der Waals surface area contributed by atoms with E-state index in [1.165, 1.54) is 11.1 Å². The first kappa shape index (κ1) is 13.7. The zero-order valence-electron chi connectivity index (χ0n) is 12.0. The molecular formula is C20H15BrO. The number of carbonyl (C=O) groups excluding carboxylic acids is 1. The molecule has 108 valence electrons. The lowest BCUT2D eigenvalue weighted by Gasteiger charge is -2.19. The molecule has 2 aliphatic rings. The Hall–Kier alpha value is -1.93. The molecule has 22 heavy (non-hydrogen) atoms. The summed E-state index contributed by atoms with van der Waals surface area (Å²) in [6.45, 7) is 0. The molecule has 2 atom stereocenters. The Balaban J connectivity index is 1.65. The van der Waals surface area contributed by atoms with Gasteiger partial charge in [-0.15, -0.1) is 0 Å². The number of carbonyl (C=O) groups is 1. The summed E-state index contributed by atoms with van der Waals surface area (Å²) in [4.78, 5) is 12.7. The van der Waals surface area contributed by atoms with Crippen molar-refractivity contribution in [1.82, 2.24) is 0 Å². The van der Waals surface area contributed by atoms with Crippen LogP contribution in [0.15, 0.2) is 76.8 Å². The van der Waals surface area contributed by atoms with Crippen LogP contribution in [0.4, 0.5) is 0 Å². The van der Waals surface area contributed by atoms with E-state index in [-0.39, 0.29) is 5.78 Å². The van der Waals surface area contributed by atoms with Gasteiger partial charge in [-0.2, -0.15) is 0 Å². The first-order chi connectivity index (χ1) is 10.7. The molecule has 0 amide bonds. The fourth-order valence-corrected chi connectivity index (χ4v) is 3.91. The number of halogens is 1. The van der Waals surface area contributed by atoms with E-state index in [4.69, 9.17) is 0 Å². The van der Waals surface area contributed by atoms with E-state index in [0.29, 0.717) is 11.8 Å². The Morgan fingerprint density at radius 1 is 1.09 bits per heavy atom. The van der Waals surface area contributed by atoms with Crippen LogP contribution in [0.3, 0.4) is 0 Å². The molecule has 0 spiro atoms. The zero-order valence-corrected chi connectivity index (χ0v) is 13.6. The second-order valence-corrected chi connectivity index (χ2v) is 6.83. The van der Waals surface area contributed by atoms with Gasteiger partial charge in [-0.05, 0) is 35.6 Å². The van der Waals surface area contributed by atoms with Crippen LogP contribution in [0.1, 0.15) is 27.4 Å². The predicted octanol–water partition coefficient (Wildman–Crippen LogP) is 5.08. The van der Waals surface area contributed by atoms with Crippen molar-refractivity contribution in [3.05, 3.63) is 93.5 Å². The SMILES string of the molecule is O=C(C1=C[C@H]2Cc3ccccc3[C@H]2C=C1)c1cccc(Br)c1. The average Bonchev–Trinajstić information content (AvgIpc) is 2.91. The zero-order chi connectivity index (χ0) is 15.1. The number of rotatable bonds is 2. The highest BCUT2D eigenvalue weighted by Gasteiger charge is 2.32. The highest BCUT2D eigenvalue weighted by atomic mass is 79.9. The van der Waals surface area contributed by atoms with Crippen molar-refractivity contribution in [2.24, 2.45) is 5.92 Å². The van der Waals surface area contributed by atoms with E-state index in [9.17, 15) is 4.79 Å². The van der Waals surface area contributed by atoms with Gasteiger partial charge in [0.1, 0.15) is 0 Å². The topological polar surface area (TPSA) is 17.1 Å². The van der Waals surface area contributed by atoms with Crippen molar-refractivity contribution in [1.29, 1.82) is 0 Å². The Morgan fingerprint density at radius 2 is 1.95 bits per heavy atom. The summed E-state index contributed by atoms with van der Waals surface area (Å²) in [6.07, 6.45) is 7.38. The number of Topliss-reactive ketones (excluding diaryl/α,β-unsaturated/α-hetero) is 1. The van der Waals surface area contributed by atoms with Gasteiger partial charge in [0.05, 0.1) is 0 Å². The van der Waals surface area contributed by atoms with Crippen molar-refractivity contribution in [3.63, 3.8) is 0 Å². The molecule has 1 nitrogen and oxygen atoms in total. The van der Waals surface area contributed by atoms with Crippen LogP contribution in [0.5, 0.6) is 0 Å². The molecule has 0 saturated heterocycles. The van der Waals surface area contributed by atoms with Crippen LogP contribution in [0, 0.1) is 5.92 Å². The molecule has 0 heterocycles. The first-order valence-electron chi connectivity index (χ1n) is 7.50. The maximum atomic E-state index is 12.7. The molecule has 0 aliphatic heterocycles. The summed E-state index contributed by atoms with van der Waals surface area (Å²) in [7, 11) is 0. The molecule has 0 radical (unpaired) electrons. The van der Waals surface area contributed by atoms with Gasteiger partial charge < -0.3 is 0 Å². The maximum Gasteiger partial charge on any atom is 0.192 e. The first-order valence-corrected chi connectivity index (χ1v) is 8.30. The summed E-state index contributed by atoms with van der Waals surface area (Å²) in [5.41, 5.74) is 4.37. The molecule has 0 fully saturated rings. The number of ketones is 1. The van der Waals surface area contributed by atoms with Gasteiger partial charge in [0.15, 0.2) is 5.78 Å². The number of benzene rings is 2. The summed E-state index contributed by atoms with van der Waals surface area (Å²) in [5, 5.41) is 0. The fourth-order valence-electron chi connectivity index (χ4n) is 3.51. The van der Waals surface area contributed by atoms with E-state index in [0.717, 1.165) is 22.0 Å². The van der Waals surface area contributed by atoms with Gasteiger partial charge in [-0.25, -0.2) is 0 Å². The summed E-state index contributed by atoms with van der Waals surface area (Å²) >= 11 is 3.43. The lowest BCUT2D eigenvalue weighted by atomic mass is 9.84. The predicted molar refractivity (Wildman–Crippen MR) is 92.1 cm³/mol. The molecule has 4 rings (SSSR count). The second-order valence-electron chi connectivity index (χ2n) is 5.91. The maximum absolute atomic E-state index is 12.7. The molecule has 2 aromatic carbocycles. The molecule has 0 N–H and O–H groups in total. The van der Waals surface area contributed by atoms with Gasteiger partial charge in [-0.3, -0.25) is 4.79 Å². The molecule has 0 aromatic heterocycles. The average molecular weight is 351 g/mol. The van der Waals surface area contributed by atoms with Crippen LogP contribution in [0.2, 0.25) is 0 Å². The molecule has 2 heteroatoms. The third kappa shape index (κ3) is 2.28. The van der Waals surface area contributed by atoms with Crippen molar-refractivity contribution < 1.29 is 4.79 Å². The van der Waals surface area contributed by atoms with Gasteiger partial charge in [0.2, 0.25) is 0 Å². The fraction of sp³-hybridized carbons (Fsp3) is 0.150. The van der Waals surface area contributed by atoms with Crippen LogP contribution >= 0.6 is 15.9 Å². The monoisotopic (exact) mass is 350 g/mol. The smallest absolute Gasteiger partial charge is 0.192 e. The second kappa shape index (κ2) is 5.36. The van der Waals surface area contributed by atoms with Crippen molar-refractivity contribution in [2.45, 2.75) is 12.3 Å². The van der Waals surface area contributed by atoms with Gasteiger partial charge >= 0.3 is 0 Å². The Kier molecular flexibility index (Phi) is 3.34. The number of fused-ring (bicyclic) bond motifs is 3. The molecule has 0 bridgehead atoms. The molecule has 2 aliphatic carbocycles. The molecule has 0 saturated carbocycles. The van der Waals surface area contributed by atoms with E-state index >= 15 is 0 Å². The molecule has 0 unspecified atom stereocenters. The standard InChI is InChI=1S/C20H15BrO/c21-17-6-3-5-14(12-17)20(22)15-8-9-19-16(11-15)10-13-4-1-2-7-18(13)19/h1-9,11-12,16,19H,10H2/t16-,19+/m1/s1. The van der Waals surface area contributed by atoms with Crippen LogP contribution < -0.4 is 0 Å². The minimum Gasteiger partial charge on any atom is -0.289 e. The third-order valence-corrected chi connectivity index (χ3v) is 5.05. The van der Waals surface area contributed by atoms with E-state index in [1.807, 2.05) is 30.3 Å². The Morgan fingerprint density at radius 3 is 2.82 bits per heavy atom. The molecule has 2 aromatic rings. The molecular weight excluding hydrogens is 336 g/mol. The Bertz CT molecular complexity index is 816. The normalized spacial score (nSPS) is 22.0. The quantitative estimate of drug-likeness (QED) is 0.690. The minimum absolute atomic E-state index is 0.104. The number of allylic oxidation sites excluding steroid dienone is 4. The van der Waals surface area contributed by atoms with Gasteiger partial charge in [0.25, 0.3) is 0 Å². The number of hydrogen-bond donors (Lipinski definition) is 0. The van der Waals surface area contributed by atoms with Crippen molar-refractivity contribution >= 4 is 21.7 Å². The van der Waals surface area contributed by atoms with Gasteiger partial charge in [-0.1, -0.05) is 70.6 Å². The van der Waals surface area contributed by atoms with Crippen LogP contribution in [0.25, 0.3) is 0 Å². The Labute approximate surface area is 138 Å². The van der Waals surface area contributed by atoms with Crippen LogP contribution in [-0.4, -0.2) is 5.78 Å². The highest BCUT2D eigenvalue weighted by molar-refractivity contribution is 9.10. The largest absolute Gasteiger partial charge is 0.289 e. The summed E-state index contributed by atoms with van der Waals surface area (Å²) in [6, 6.07) is 16.2. The summed E-state index contributed by atoms with van der Waals surface area (Å²) < 4.78 is 0.935. The van der Waals surface area contributed by atoms with Crippen LogP contribution in [-0.2, 0) is 6.42 Å². The summed E-state index contributed by atoms with van der Waals surface area (Å²) in [5.74, 6) is 0.940. The van der Waals surface area contributed by atoms with E-state index in [2.05, 4.69) is 52.3 Å².